The maximum absolute atomic E-state index is 5.89. The summed E-state index contributed by atoms with van der Waals surface area (Å²) in [6, 6.07) is 10.2. The van der Waals surface area contributed by atoms with Gasteiger partial charge in [0.05, 0.1) is 29.2 Å². The van der Waals surface area contributed by atoms with Crippen molar-refractivity contribution in [2.75, 3.05) is 19.4 Å². The molecule has 0 amide bonds. The highest BCUT2D eigenvalue weighted by atomic mass is 32.1. The van der Waals surface area contributed by atoms with Crippen LogP contribution >= 0.6 is 11.3 Å². The number of nitrogens with one attached hydrogen (secondary N) is 1. The van der Waals surface area contributed by atoms with Gasteiger partial charge in [0.2, 0.25) is 5.88 Å². The highest BCUT2D eigenvalue weighted by Crippen LogP contribution is 2.38. The molecule has 1 aliphatic rings. The molecule has 0 spiro atoms. The molecule has 1 aliphatic heterocycles. The van der Waals surface area contributed by atoms with Crippen molar-refractivity contribution in [2.45, 2.75) is 12.5 Å². The minimum absolute atomic E-state index is 0.0330. The predicted octanol–water partition coefficient (Wildman–Crippen LogP) is 2.52. The molecule has 0 saturated carbocycles. The zero-order chi connectivity index (χ0) is 15.1. The van der Waals surface area contributed by atoms with Crippen LogP contribution in [-0.4, -0.2) is 23.6 Å². The second-order valence-electron chi connectivity index (χ2n) is 5.28. The molecule has 3 aromatic rings. The van der Waals surface area contributed by atoms with Crippen molar-refractivity contribution in [3.63, 3.8) is 0 Å². The number of benzene rings is 1. The Kier molecular flexibility index (Phi) is 3.20. The molecule has 2 aromatic heterocycles. The molecule has 1 aromatic carbocycles. The third kappa shape index (κ3) is 2.12. The molecule has 3 N–H and O–H groups in total. The molecular weight excluding hydrogens is 296 g/mol. The lowest BCUT2D eigenvalue weighted by atomic mass is 9.99. The Bertz CT molecular complexity index is 845. The molecule has 0 bridgehead atoms. The van der Waals surface area contributed by atoms with Crippen molar-refractivity contribution in [3.05, 3.63) is 46.5 Å². The Balaban J connectivity index is 1.90. The molecule has 4 rings (SSSR count). The first-order valence-electron chi connectivity index (χ1n) is 7.18. The normalized spacial score (nSPS) is 17.4. The van der Waals surface area contributed by atoms with Gasteiger partial charge in [0.1, 0.15) is 0 Å². The first-order chi connectivity index (χ1) is 10.8. The summed E-state index contributed by atoms with van der Waals surface area (Å²) in [5.74, 6) is 0.649. The average molecular weight is 312 g/mol. The van der Waals surface area contributed by atoms with E-state index in [1.165, 1.54) is 16.2 Å². The fraction of sp³-hybridized carbons (Fsp3) is 0.250. The van der Waals surface area contributed by atoms with E-state index in [1.54, 1.807) is 7.11 Å². The minimum atomic E-state index is 0.0330. The summed E-state index contributed by atoms with van der Waals surface area (Å²) in [5, 5.41) is 5.26. The van der Waals surface area contributed by atoms with Gasteiger partial charge < -0.3 is 15.8 Å². The molecular formula is C16H16N4OS. The highest BCUT2D eigenvalue weighted by molar-refractivity contribution is 7.15. The van der Waals surface area contributed by atoms with Crippen LogP contribution in [0.15, 0.2) is 30.3 Å². The van der Waals surface area contributed by atoms with Crippen molar-refractivity contribution in [1.29, 1.82) is 0 Å². The number of nitrogens with two attached hydrogens (primary N) is 1. The SMILES string of the molecule is COc1nc2ccccc2cc1[C@H]1NCCc2nc(N)sc21. The van der Waals surface area contributed by atoms with E-state index in [4.69, 9.17) is 10.5 Å². The monoisotopic (exact) mass is 312 g/mol. The van der Waals surface area contributed by atoms with Crippen molar-refractivity contribution in [3.8, 4) is 5.88 Å². The quantitative estimate of drug-likeness (QED) is 0.760. The number of nitrogen functional groups attached to an aromatic ring is 1. The van der Waals surface area contributed by atoms with Crippen LogP contribution in [0.3, 0.4) is 0 Å². The van der Waals surface area contributed by atoms with E-state index in [0.717, 1.165) is 35.1 Å². The Labute approximate surface area is 132 Å². The number of methoxy groups -OCH3 is 1. The van der Waals surface area contributed by atoms with Crippen LogP contribution in [0.5, 0.6) is 5.88 Å². The number of ether oxygens (including phenoxy) is 1. The fourth-order valence-corrected chi connectivity index (χ4v) is 3.93. The molecule has 0 saturated heterocycles. The average Bonchev–Trinajstić information content (AvgIpc) is 2.93. The van der Waals surface area contributed by atoms with Crippen LogP contribution in [-0.2, 0) is 6.42 Å². The first-order valence-corrected chi connectivity index (χ1v) is 8.00. The smallest absolute Gasteiger partial charge is 0.218 e. The molecule has 0 fully saturated rings. The van der Waals surface area contributed by atoms with E-state index >= 15 is 0 Å². The molecule has 3 heterocycles. The van der Waals surface area contributed by atoms with Gasteiger partial charge in [-0.15, -0.1) is 11.3 Å². The zero-order valence-corrected chi connectivity index (χ0v) is 13.0. The van der Waals surface area contributed by atoms with Crippen LogP contribution in [0.25, 0.3) is 10.9 Å². The van der Waals surface area contributed by atoms with Crippen LogP contribution in [0.1, 0.15) is 22.2 Å². The number of fused-ring (bicyclic) bond motifs is 2. The number of hydrogen-bond acceptors (Lipinski definition) is 6. The second kappa shape index (κ2) is 5.23. The number of para-hydroxylation sites is 1. The minimum Gasteiger partial charge on any atom is -0.481 e. The largest absolute Gasteiger partial charge is 0.481 e. The van der Waals surface area contributed by atoms with Gasteiger partial charge >= 0.3 is 0 Å². The Morgan fingerprint density at radius 1 is 1.32 bits per heavy atom. The maximum Gasteiger partial charge on any atom is 0.218 e. The summed E-state index contributed by atoms with van der Waals surface area (Å²) in [6.45, 7) is 0.872. The summed E-state index contributed by atoms with van der Waals surface area (Å²) in [6.07, 6.45) is 0.906. The summed E-state index contributed by atoms with van der Waals surface area (Å²) >= 11 is 1.54. The number of thiazole rings is 1. The molecule has 112 valence electrons. The summed E-state index contributed by atoms with van der Waals surface area (Å²) in [5.41, 5.74) is 8.94. The third-order valence-electron chi connectivity index (χ3n) is 3.94. The van der Waals surface area contributed by atoms with Gasteiger partial charge in [-0.2, -0.15) is 0 Å². The first kappa shape index (κ1) is 13.5. The van der Waals surface area contributed by atoms with E-state index in [9.17, 15) is 0 Å². The topological polar surface area (TPSA) is 73.1 Å². The molecule has 1 atom stereocenters. The van der Waals surface area contributed by atoms with Crippen LogP contribution < -0.4 is 15.8 Å². The van der Waals surface area contributed by atoms with E-state index in [0.29, 0.717) is 11.0 Å². The van der Waals surface area contributed by atoms with Gasteiger partial charge in [-0.25, -0.2) is 9.97 Å². The number of nitrogens with zero attached hydrogens (tertiary/aromatic N) is 2. The molecule has 0 aliphatic carbocycles. The summed E-state index contributed by atoms with van der Waals surface area (Å²) in [4.78, 5) is 10.2. The fourth-order valence-electron chi connectivity index (χ4n) is 2.95. The van der Waals surface area contributed by atoms with Gasteiger partial charge in [-0.05, 0) is 12.1 Å². The number of anilines is 1. The lowest BCUT2D eigenvalue weighted by Crippen LogP contribution is -2.30. The maximum atomic E-state index is 5.89. The summed E-state index contributed by atoms with van der Waals surface area (Å²) < 4.78 is 5.53. The van der Waals surface area contributed by atoms with Gasteiger partial charge in [-0.3, -0.25) is 0 Å². The summed E-state index contributed by atoms with van der Waals surface area (Å²) in [7, 11) is 1.66. The standard InChI is InChI=1S/C16H16N4OS/c1-21-15-10(8-9-4-2-3-5-11(9)19-15)13-14-12(6-7-18-13)20-16(17)22-14/h2-5,8,13,18H,6-7H2,1H3,(H2,17,20)/t13-/m1/s1. The van der Waals surface area contributed by atoms with Crippen LogP contribution in [0.4, 0.5) is 5.13 Å². The zero-order valence-electron chi connectivity index (χ0n) is 12.2. The highest BCUT2D eigenvalue weighted by Gasteiger charge is 2.28. The molecule has 0 unspecified atom stereocenters. The number of rotatable bonds is 2. The van der Waals surface area contributed by atoms with Crippen molar-refractivity contribution < 1.29 is 4.74 Å². The van der Waals surface area contributed by atoms with Crippen LogP contribution in [0.2, 0.25) is 0 Å². The lowest BCUT2D eigenvalue weighted by molar-refractivity contribution is 0.388. The predicted molar refractivity (Wildman–Crippen MR) is 88.4 cm³/mol. The van der Waals surface area contributed by atoms with Crippen molar-refractivity contribution in [2.24, 2.45) is 0 Å². The second-order valence-corrected chi connectivity index (χ2v) is 6.34. The third-order valence-corrected chi connectivity index (χ3v) is 4.93. The van der Waals surface area contributed by atoms with Gasteiger partial charge in [0, 0.05) is 23.9 Å². The van der Waals surface area contributed by atoms with E-state index in [2.05, 4.69) is 27.4 Å². The molecule has 22 heavy (non-hydrogen) atoms. The van der Waals surface area contributed by atoms with Gasteiger partial charge in [0.15, 0.2) is 5.13 Å². The van der Waals surface area contributed by atoms with E-state index in [-0.39, 0.29) is 6.04 Å². The van der Waals surface area contributed by atoms with E-state index < -0.39 is 0 Å². The van der Waals surface area contributed by atoms with E-state index in [1.807, 2.05) is 18.2 Å². The molecule has 6 heteroatoms. The van der Waals surface area contributed by atoms with Crippen molar-refractivity contribution in [1.82, 2.24) is 15.3 Å². The Morgan fingerprint density at radius 3 is 3.05 bits per heavy atom. The Morgan fingerprint density at radius 2 is 2.18 bits per heavy atom. The van der Waals surface area contributed by atoms with Gasteiger partial charge in [-0.1, -0.05) is 18.2 Å². The Hall–Kier alpha value is -2.18. The number of aromatic nitrogens is 2. The number of hydrogen-bond donors (Lipinski definition) is 2. The van der Waals surface area contributed by atoms with Gasteiger partial charge in [0.25, 0.3) is 0 Å². The molecule has 5 nitrogen and oxygen atoms in total. The van der Waals surface area contributed by atoms with Crippen molar-refractivity contribution >= 4 is 27.4 Å². The number of pyridine rings is 1. The lowest BCUT2D eigenvalue weighted by Gasteiger charge is -2.24. The molecule has 0 radical (unpaired) electrons. The van der Waals surface area contributed by atoms with Crippen LogP contribution in [0, 0.1) is 0 Å².